The molecule has 1 saturated heterocycles. The minimum Gasteiger partial charge on any atom is -0.350 e. The van der Waals surface area contributed by atoms with Crippen LogP contribution < -0.4 is 15.8 Å². The van der Waals surface area contributed by atoms with E-state index < -0.39 is 5.41 Å². The van der Waals surface area contributed by atoms with Gasteiger partial charge in [0.25, 0.3) is 5.56 Å². The van der Waals surface area contributed by atoms with Crippen molar-refractivity contribution in [3.63, 3.8) is 0 Å². The van der Waals surface area contributed by atoms with Crippen molar-refractivity contribution in [2.75, 3.05) is 11.4 Å². The second-order valence-corrected chi connectivity index (χ2v) is 9.51. The highest BCUT2D eigenvalue weighted by atomic mass is 32.1. The predicted octanol–water partition coefficient (Wildman–Crippen LogP) is 2.62. The molecule has 8 nitrogen and oxygen atoms in total. The minimum absolute atomic E-state index is 0.0370. The lowest BCUT2D eigenvalue weighted by Crippen LogP contribution is -2.43. The number of hydrogen-bond acceptors (Lipinski definition) is 7. The van der Waals surface area contributed by atoms with Gasteiger partial charge in [0.1, 0.15) is 17.3 Å². The fourth-order valence-electron chi connectivity index (χ4n) is 4.58. The molecule has 2 aliphatic rings. The number of nitrogens with one attached hydrogen (secondary N) is 1. The van der Waals surface area contributed by atoms with Crippen LogP contribution in [0.2, 0.25) is 0 Å². The Balaban J connectivity index is 1.42. The summed E-state index contributed by atoms with van der Waals surface area (Å²) < 4.78 is 1.47. The van der Waals surface area contributed by atoms with Gasteiger partial charge in [-0.25, -0.2) is 9.97 Å². The van der Waals surface area contributed by atoms with Crippen molar-refractivity contribution >= 4 is 32.7 Å². The molecule has 3 aromatic rings. The van der Waals surface area contributed by atoms with Gasteiger partial charge >= 0.3 is 0 Å². The van der Waals surface area contributed by atoms with Gasteiger partial charge in [0.15, 0.2) is 15.5 Å². The van der Waals surface area contributed by atoms with Gasteiger partial charge < -0.3 is 10.2 Å². The molecule has 1 N–H and O–H groups in total. The van der Waals surface area contributed by atoms with Gasteiger partial charge in [0, 0.05) is 20.1 Å². The zero-order valence-corrected chi connectivity index (χ0v) is 18.7. The summed E-state index contributed by atoms with van der Waals surface area (Å²) in [5.74, 6) is 0.489. The Morgan fingerprint density at radius 3 is 2.75 bits per heavy atom. The van der Waals surface area contributed by atoms with Crippen LogP contribution in [-0.4, -0.2) is 33.0 Å². The van der Waals surface area contributed by atoms with Crippen LogP contribution >= 0.6 is 11.3 Å². The van der Waals surface area contributed by atoms with Crippen molar-refractivity contribution in [2.45, 2.75) is 50.1 Å². The number of benzene rings is 1. The Kier molecular flexibility index (Phi) is 5.18. The number of fused-ring (bicyclic) bond motifs is 1. The van der Waals surface area contributed by atoms with Gasteiger partial charge in [-0.1, -0.05) is 41.7 Å². The van der Waals surface area contributed by atoms with Crippen molar-refractivity contribution in [3.05, 3.63) is 52.1 Å². The quantitative estimate of drug-likeness (QED) is 0.644. The molecule has 1 amide bonds. The van der Waals surface area contributed by atoms with Crippen LogP contribution in [0.5, 0.6) is 0 Å². The summed E-state index contributed by atoms with van der Waals surface area (Å²) in [6.07, 6.45) is 4.02. The van der Waals surface area contributed by atoms with E-state index in [0.29, 0.717) is 34.4 Å². The smallest absolute Gasteiger partial charge is 0.280 e. The Morgan fingerprint density at radius 2 is 2.06 bits per heavy atom. The standard InChI is InChI=1S/C23H24N6O2S/c1-28-20(31)17-19(27-21(28)23(14-24)10-6-11-23)32-22(26-17)29-12-5-9-16(29)18(30)25-13-15-7-3-2-4-8-15/h2-4,7-8,16H,5-6,9-13H2,1H3,(H,25,30)/t16-/m1/s1. The summed E-state index contributed by atoms with van der Waals surface area (Å²) in [6, 6.07) is 11.9. The van der Waals surface area contributed by atoms with Crippen molar-refractivity contribution in [2.24, 2.45) is 7.05 Å². The van der Waals surface area contributed by atoms with Crippen molar-refractivity contribution in [3.8, 4) is 6.07 Å². The lowest BCUT2D eigenvalue weighted by molar-refractivity contribution is -0.122. The molecule has 164 valence electrons. The van der Waals surface area contributed by atoms with Gasteiger partial charge in [-0.3, -0.25) is 14.2 Å². The first-order valence-electron chi connectivity index (χ1n) is 10.9. The van der Waals surface area contributed by atoms with Crippen molar-refractivity contribution in [1.29, 1.82) is 5.26 Å². The van der Waals surface area contributed by atoms with Crippen LogP contribution in [0.15, 0.2) is 35.1 Å². The summed E-state index contributed by atoms with van der Waals surface area (Å²) in [4.78, 5) is 37.7. The largest absolute Gasteiger partial charge is 0.350 e. The van der Waals surface area contributed by atoms with Crippen LogP contribution in [0.4, 0.5) is 5.13 Å². The van der Waals surface area contributed by atoms with Gasteiger partial charge in [-0.2, -0.15) is 5.26 Å². The van der Waals surface area contributed by atoms with E-state index in [0.717, 1.165) is 37.7 Å². The topological polar surface area (TPSA) is 104 Å². The number of thiazole rings is 1. The third-order valence-corrected chi connectivity index (χ3v) is 7.58. The average molecular weight is 449 g/mol. The lowest BCUT2D eigenvalue weighted by Gasteiger charge is -2.35. The van der Waals surface area contributed by atoms with Gasteiger partial charge in [-0.05, 0) is 37.7 Å². The first-order valence-corrected chi connectivity index (χ1v) is 11.7. The Labute approximate surface area is 189 Å². The van der Waals surface area contributed by atoms with E-state index in [4.69, 9.17) is 4.98 Å². The molecule has 0 spiro atoms. The molecule has 5 rings (SSSR count). The van der Waals surface area contributed by atoms with Gasteiger partial charge in [0.2, 0.25) is 5.91 Å². The van der Waals surface area contributed by atoms with Crippen LogP contribution in [0, 0.1) is 11.3 Å². The molecule has 1 atom stereocenters. The first-order chi connectivity index (χ1) is 15.5. The number of nitrogens with zero attached hydrogens (tertiary/aromatic N) is 5. The average Bonchev–Trinajstić information content (AvgIpc) is 3.43. The van der Waals surface area contributed by atoms with E-state index in [1.54, 1.807) is 7.05 Å². The van der Waals surface area contributed by atoms with Crippen LogP contribution in [0.25, 0.3) is 10.3 Å². The lowest BCUT2D eigenvalue weighted by atomic mass is 9.69. The third kappa shape index (κ3) is 3.35. The van der Waals surface area contributed by atoms with E-state index in [-0.39, 0.29) is 17.5 Å². The first kappa shape index (κ1) is 20.6. The molecule has 0 unspecified atom stereocenters. The molecule has 9 heteroatoms. The molecule has 0 radical (unpaired) electrons. The second kappa shape index (κ2) is 8.02. The highest BCUT2D eigenvalue weighted by molar-refractivity contribution is 7.21. The summed E-state index contributed by atoms with van der Waals surface area (Å²) in [7, 11) is 1.66. The number of amides is 1. The Bertz CT molecular complexity index is 1270. The molecular formula is C23H24N6O2S. The monoisotopic (exact) mass is 448 g/mol. The molecule has 1 aliphatic carbocycles. The number of rotatable bonds is 5. The number of carbonyl (C=O) groups is 1. The normalized spacial score (nSPS) is 19.5. The maximum Gasteiger partial charge on any atom is 0.280 e. The molecule has 1 aliphatic heterocycles. The van der Waals surface area contributed by atoms with E-state index in [1.165, 1.54) is 15.9 Å². The van der Waals surface area contributed by atoms with E-state index in [1.807, 2.05) is 35.2 Å². The summed E-state index contributed by atoms with van der Waals surface area (Å²) in [6.45, 7) is 1.18. The number of hydrogen-bond donors (Lipinski definition) is 1. The summed E-state index contributed by atoms with van der Waals surface area (Å²) in [5, 5.41) is 13.4. The van der Waals surface area contributed by atoms with Crippen LogP contribution in [0.3, 0.4) is 0 Å². The maximum absolute atomic E-state index is 13.0. The summed E-state index contributed by atoms with van der Waals surface area (Å²) in [5.41, 5.74) is 0.435. The van der Waals surface area contributed by atoms with E-state index in [2.05, 4.69) is 16.4 Å². The molecule has 0 bridgehead atoms. The Hall–Kier alpha value is -3.25. The predicted molar refractivity (Wildman–Crippen MR) is 122 cm³/mol. The number of aromatic nitrogens is 3. The van der Waals surface area contributed by atoms with Crippen molar-refractivity contribution in [1.82, 2.24) is 19.9 Å². The third-order valence-electron chi connectivity index (χ3n) is 6.59. The number of carbonyl (C=O) groups excluding carboxylic acids is 1. The zero-order valence-electron chi connectivity index (χ0n) is 17.9. The molecule has 1 aromatic carbocycles. The second-order valence-electron chi connectivity index (χ2n) is 8.55. The van der Waals surface area contributed by atoms with Crippen LogP contribution in [-0.2, 0) is 23.8 Å². The number of nitriles is 1. The highest BCUT2D eigenvalue weighted by Gasteiger charge is 2.43. The molecule has 2 aromatic heterocycles. The van der Waals surface area contributed by atoms with Crippen molar-refractivity contribution < 1.29 is 4.79 Å². The maximum atomic E-state index is 13.0. The SMILES string of the molecule is Cn1c(C2(C#N)CCC2)nc2sc(N3CCC[C@@H]3C(=O)NCc3ccccc3)nc2c1=O. The zero-order chi connectivity index (χ0) is 22.3. The minimum atomic E-state index is -0.681. The Morgan fingerprint density at radius 1 is 1.28 bits per heavy atom. The highest BCUT2D eigenvalue weighted by Crippen LogP contribution is 2.42. The molecule has 1 saturated carbocycles. The number of anilines is 1. The molecule has 32 heavy (non-hydrogen) atoms. The molecule has 3 heterocycles. The van der Waals surface area contributed by atoms with Crippen LogP contribution in [0.1, 0.15) is 43.5 Å². The fourth-order valence-corrected chi connectivity index (χ4v) is 5.59. The van der Waals surface area contributed by atoms with Gasteiger partial charge in [-0.15, -0.1) is 0 Å². The molecule has 2 fully saturated rings. The van der Waals surface area contributed by atoms with E-state index in [9.17, 15) is 14.9 Å². The summed E-state index contributed by atoms with van der Waals surface area (Å²) >= 11 is 1.33. The van der Waals surface area contributed by atoms with Gasteiger partial charge in [0.05, 0.1) is 6.07 Å². The van der Waals surface area contributed by atoms with E-state index >= 15 is 0 Å². The molecular weight excluding hydrogens is 424 g/mol. The fraction of sp³-hybridized carbons (Fsp3) is 0.435.